The van der Waals surface area contributed by atoms with E-state index in [4.69, 9.17) is 0 Å². The lowest BCUT2D eigenvalue weighted by atomic mass is 10.1. The fourth-order valence-electron chi connectivity index (χ4n) is 1.29. The van der Waals surface area contributed by atoms with Crippen LogP contribution in [0.4, 0.5) is 5.69 Å². The number of benzene rings is 1. The van der Waals surface area contributed by atoms with E-state index in [9.17, 15) is 5.11 Å². The minimum Gasteiger partial charge on any atom is -0.389 e. The lowest BCUT2D eigenvalue weighted by Crippen LogP contribution is -2.25. The smallest absolute Gasteiger partial charge is 0.0761 e. The van der Waals surface area contributed by atoms with Gasteiger partial charge in [-0.05, 0) is 38.5 Å². The number of nitrogens with zero attached hydrogens (tertiary/aromatic N) is 1. The van der Waals surface area contributed by atoms with Crippen molar-refractivity contribution in [2.45, 2.75) is 32.9 Å². The SMILES string of the molecule is CC(C)N(C)c1ccc([C@H](C)O)cc1. The molecule has 0 radical (unpaired) electrons. The average Bonchev–Trinajstić information content (AvgIpc) is 2.16. The molecule has 1 rings (SSSR count). The van der Waals surface area contributed by atoms with Gasteiger partial charge in [0.25, 0.3) is 0 Å². The third-order valence-corrected chi connectivity index (χ3v) is 2.56. The van der Waals surface area contributed by atoms with Gasteiger partial charge >= 0.3 is 0 Å². The van der Waals surface area contributed by atoms with E-state index in [0.29, 0.717) is 6.04 Å². The van der Waals surface area contributed by atoms with Crippen LogP contribution in [0.2, 0.25) is 0 Å². The number of aliphatic hydroxyl groups excluding tert-OH is 1. The minimum atomic E-state index is -0.381. The first-order valence-electron chi connectivity index (χ1n) is 5.03. The molecule has 0 aromatic heterocycles. The monoisotopic (exact) mass is 193 g/mol. The molecular weight excluding hydrogens is 174 g/mol. The lowest BCUT2D eigenvalue weighted by Gasteiger charge is -2.24. The van der Waals surface area contributed by atoms with Crippen LogP contribution < -0.4 is 4.90 Å². The van der Waals surface area contributed by atoms with Gasteiger partial charge in [-0.15, -0.1) is 0 Å². The fraction of sp³-hybridized carbons (Fsp3) is 0.500. The van der Waals surface area contributed by atoms with Crippen LogP contribution in [0.15, 0.2) is 24.3 Å². The fourth-order valence-corrected chi connectivity index (χ4v) is 1.29. The molecule has 1 atom stereocenters. The molecule has 0 spiro atoms. The van der Waals surface area contributed by atoms with Gasteiger partial charge in [-0.3, -0.25) is 0 Å². The third-order valence-electron chi connectivity index (χ3n) is 2.56. The first kappa shape index (κ1) is 11.1. The summed E-state index contributed by atoms with van der Waals surface area (Å²) >= 11 is 0. The molecule has 1 aromatic rings. The van der Waals surface area contributed by atoms with Crippen LogP contribution in [-0.2, 0) is 0 Å². The van der Waals surface area contributed by atoms with Crippen LogP contribution in [-0.4, -0.2) is 18.2 Å². The van der Waals surface area contributed by atoms with Crippen molar-refractivity contribution in [3.8, 4) is 0 Å². The van der Waals surface area contributed by atoms with Crippen LogP contribution >= 0.6 is 0 Å². The van der Waals surface area contributed by atoms with Gasteiger partial charge in [0, 0.05) is 18.8 Å². The molecule has 1 N–H and O–H groups in total. The summed E-state index contributed by atoms with van der Waals surface area (Å²) in [5.41, 5.74) is 2.15. The Balaban J connectivity index is 2.83. The highest BCUT2D eigenvalue weighted by Crippen LogP contribution is 2.19. The third kappa shape index (κ3) is 2.48. The Bertz CT molecular complexity index is 277. The molecule has 0 amide bonds. The molecule has 0 aliphatic carbocycles. The first-order valence-corrected chi connectivity index (χ1v) is 5.03. The summed E-state index contributed by atoms with van der Waals surface area (Å²) in [7, 11) is 2.07. The summed E-state index contributed by atoms with van der Waals surface area (Å²) < 4.78 is 0. The van der Waals surface area contributed by atoms with E-state index in [1.165, 1.54) is 5.69 Å². The summed E-state index contributed by atoms with van der Waals surface area (Å²) in [4.78, 5) is 2.20. The molecule has 0 saturated heterocycles. The van der Waals surface area contributed by atoms with Crippen LogP contribution in [0.1, 0.15) is 32.4 Å². The number of aliphatic hydroxyl groups is 1. The van der Waals surface area contributed by atoms with Gasteiger partial charge in [0.05, 0.1) is 6.10 Å². The lowest BCUT2D eigenvalue weighted by molar-refractivity contribution is 0.199. The Labute approximate surface area is 86.2 Å². The second kappa shape index (κ2) is 4.47. The van der Waals surface area contributed by atoms with E-state index in [1.54, 1.807) is 6.92 Å². The Hall–Kier alpha value is -1.02. The molecule has 0 heterocycles. The van der Waals surface area contributed by atoms with Gasteiger partial charge in [-0.2, -0.15) is 0 Å². The topological polar surface area (TPSA) is 23.5 Å². The predicted octanol–water partition coefficient (Wildman–Crippen LogP) is 2.58. The maximum atomic E-state index is 9.35. The summed E-state index contributed by atoms with van der Waals surface area (Å²) in [6, 6.07) is 8.52. The van der Waals surface area contributed by atoms with Gasteiger partial charge in [0.2, 0.25) is 0 Å². The summed E-state index contributed by atoms with van der Waals surface area (Å²) in [6.07, 6.45) is -0.381. The van der Waals surface area contributed by atoms with Crippen molar-refractivity contribution >= 4 is 5.69 Å². The van der Waals surface area contributed by atoms with Crippen molar-refractivity contribution in [2.24, 2.45) is 0 Å². The van der Waals surface area contributed by atoms with Crippen LogP contribution in [0, 0.1) is 0 Å². The largest absolute Gasteiger partial charge is 0.389 e. The summed E-state index contributed by atoms with van der Waals surface area (Å²) in [5.74, 6) is 0. The Kier molecular flexibility index (Phi) is 3.53. The van der Waals surface area contributed by atoms with Gasteiger partial charge in [-0.25, -0.2) is 0 Å². The van der Waals surface area contributed by atoms with Crippen molar-refractivity contribution < 1.29 is 5.11 Å². The molecule has 2 heteroatoms. The quantitative estimate of drug-likeness (QED) is 0.797. The molecule has 14 heavy (non-hydrogen) atoms. The molecule has 78 valence electrons. The number of hydrogen-bond donors (Lipinski definition) is 1. The standard InChI is InChI=1S/C12H19NO/c1-9(2)13(4)12-7-5-11(6-8-12)10(3)14/h5-10,14H,1-4H3/t10-/m0/s1. The van der Waals surface area contributed by atoms with E-state index >= 15 is 0 Å². The predicted molar refractivity (Wildman–Crippen MR) is 60.6 cm³/mol. The average molecular weight is 193 g/mol. The molecule has 0 aliphatic rings. The number of hydrogen-bond acceptors (Lipinski definition) is 2. The zero-order chi connectivity index (χ0) is 10.7. The number of anilines is 1. The van der Waals surface area contributed by atoms with Crippen LogP contribution in [0.3, 0.4) is 0 Å². The highest BCUT2D eigenvalue weighted by Gasteiger charge is 2.05. The van der Waals surface area contributed by atoms with Crippen molar-refractivity contribution in [3.05, 3.63) is 29.8 Å². The maximum absolute atomic E-state index is 9.35. The Morgan fingerprint density at radius 3 is 1.93 bits per heavy atom. The van der Waals surface area contributed by atoms with Crippen LogP contribution in [0.25, 0.3) is 0 Å². The van der Waals surface area contributed by atoms with E-state index < -0.39 is 0 Å². The van der Waals surface area contributed by atoms with Gasteiger partial charge in [0.1, 0.15) is 0 Å². The van der Waals surface area contributed by atoms with Crippen molar-refractivity contribution in [1.29, 1.82) is 0 Å². The van der Waals surface area contributed by atoms with Crippen molar-refractivity contribution in [1.82, 2.24) is 0 Å². The molecular formula is C12H19NO. The first-order chi connectivity index (χ1) is 6.52. The van der Waals surface area contributed by atoms with E-state index in [1.807, 2.05) is 24.3 Å². The highest BCUT2D eigenvalue weighted by atomic mass is 16.3. The zero-order valence-electron chi connectivity index (χ0n) is 9.36. The van der Waals surface area contributed by atoms with Gasteiger partial charge in [-0.1, -0.05) is 12.1 Å². The molecule has 2 nitrogen and oxygen atoms in total. The molecule has 0 aliphatic heterocycles. The maximum Gasteiger partial charge on any atom is 0.0761 e. The highest BCUT2D eigenvalue weighted by molar-refractivity contribution is 5.47. The minimum absolute atomic E-state index is 0.381. The molecule has 0 fully saturated rings. The second-order valence-corrected chi connectivity index (χ2v) is 3.97. The van der Waals surface area contributed by atoms with Gasteiger partial charge < -0.3 is 10.0 Å². The second-order valence-electron chi connectivity index (χ2n) is 3.97. The molecule has 0 saturated carbocycles. The van der Waals surface area contributed by atoms with E-state index in [2.05, 4.69) is 25.8 Å². The number of rotatable bonds is 3. The Morgan fingerprint density at radius 1 is 1.07 bits per heavy atom. The van der Waals surface area contributed by atoms with Gasteiger partial charge in [0.15, 0.2) is 0 Å². The normalized spacial score (nSPS) is 13.0. The molecule has 0 bridgehead atoms. The van der Waals surface area contributed by atoms with E-state index in [-0.39, 0.29) is 6.10 Å². The molecule has 0 unspecified atom stereocenters. The zero-order valence-corrected chi connectivity index (χ0v) is 9.36. The molecule has 1 aromatic carbocycles. The van der Waals surface area contributed by atoms with Crippen molar-refractivity contribution in [2.75, 3.05) is 11.9 Å². The van der Waals surface area contributed by atoms with Crippen LogP contribution in [0.5, 0.6) is 0 Å². The van der Waals surface area contributed by atoms with Crippen molar-refractivity contribution in [3.63, 3.8) is 0 Å². The van der Waals surface area contributed by atoms with E-state index in [0.717, 1.165) is 5.56 Å². The Morgan fingerprint density at radius 2 is 1.57 bits per heavy atom. The summed E-state index contributed by atoms with van der Waals surface area (Å²) in [6.45, 7) is 6.09. The summed E-state index contributed by atoms with van der Waals surface area (Å²) in [5, 5.41) is 9.35.